The standard InChI is InChI=1S/C24H15ClFNO3/c1-13-7-9-16(12-18(13)25)27-21(14-5-3-2-4-6-14)20-22(28)17-11-15(26)8-10-19(17)30-23(20)24(27)29/h2-12,21H,1H3. The van der Waals surface area contributed by atoms with Gasteiger partial charge in [-0.3, -0.25) is 14.5 Å². The van der Waals surface area contributed by atoms with E-state index in [4.69, 9.17) is 16.0 Å². The van der Waals surface area contributed by atoms with Crippen molar-refractivity contribution in [1.82, 2.24) is 0 Å². The molecule has 0 saturated carbocycles. The maximum Gasteiger partial charge on any atom is 0.295 e. The summed E-state index contributed by atoms with van der Waals surface area (Å²) in [5, 5.41) is 0.612. The van der Waals surface area contributed by atoms with E-state index < -0.39 is 23.2 Å². The smallest absolute Gasteiger partial charge is 0.295 e. The molecule has 0 radical (unpaired) electrons. The van der Waals surface area contributed by atoms with E-state index in [9.17, 15) is 14.0 Å². The average molecular weight is 420 g/mol. The van der Waals surface area contributed by atoms with Crippen molar-refractivity contribution in [3.63, 3.8) is 0 Å². The number of aryl methyl sites for hydroxylation is 1. The second-order valence-corrected chi connectivity index (χ2v) is 7.64. The minimum Gasteiger partial charge on any atom is -0.450 e. The second kappa shape index (κ2) is 6.82. The predicted molar refractivity (Wildman–Crippen MR) is 114 cm³/mol. The molecule has 0 fully saturated rings. The quantitative estimate of drug-likeness (QED) is 0.422. The molecule has 30 heavy (non-hydrogen) atoms. The highest BCUT2D eigenvalue weighted by molar-refractivity contribution is 6.31. The highest BCUT2D eigenvalue weighted by Crippen LogP contribution is 2.42. The molecular weight excluding hydrogens is 405 g/mol. The van der Waals surface area contributed by atoms with Crippen LogP contribution in [-0.4, -0.2) is 5.91 Å². The molecule has 2 heterocycles. The highest BCUT2D eigenvalue weighted by atomic mass is 35.5. The van der Waals surface area contributed by atoms with Gasteiger partial charge in [-0.05, 0) is 48.4 Å². The van der Waals surface area contributed by atoms with Crippen LogP contribution in [-0.2, 0) is 0 Å². The first kappa shape index (κ1) is 18.6. The predicted octanol–water partition coefficient (Wildman–Crippen LogP) is 5.64. The number of amides is 1. The van der Waals surface area contributed by atoms with E-state index in [1.165, 1.54) is 17.0 Å². The number of hydrogen-bond acceptors (Lipinski definition) is 3. The van der Waals surface area contributed by atoms with Crippen molar-refractivity contribution in [2.45, 2.75) is 13.0 Å². The number of halogens is 2. The van der Waals surface area contributed by atoms with Crippen molar-refractivity contribution in [3.8, 4) is 0 Å². The Labute approximate surface area is 176 Å². The molecule has 1 aliphatic heterocycles. The number of nitrogens with zero attached hydrogens (tertiary/aromatic N) is 1. The molecule has 4 aromatic rings. The summed E-state index contributed by atoms with van der Waals surface area (Å²) in [6.07, 6.45) is 0. The molecule has 1 unspecified atom stereocenters. The first-order chi connectivity index (χ1) is 14.5. The molecule has 148 valence electrons. The van der Waals surface area contributed by atoms with Crippen molar-refractivity contribution in [3.05, 3.63) is 110 Å². The maximum atomic E-state index is 13.8. The minimum atomic E-state index is -0.712. The van der Waals surface area contributed by atoms with Gasteiger partial charge in [-0.1, -0.05) is 48.0 Å². The maximum absolute atomic E-state index is 13.8. The van der Waals surface area contributed by atoms with Crippen LogP contribution < -0.4 is 10.3 Å². The lowest BCUT2D eigenvalue weighted by Gasteiger charge is -2.25. The summed E-state index contributed by atoms with van der Waals surface area (Å²) in [6, 6.07) is 17.5. The van der Waals surface area contributed by atoms with Gasteiger partial charge in [-0.2, -0.15) is 0 Å². The molecule has 5 rings (SSSR count). The zero-order valence-corrected chi connectivity index (χ0v) is 16.6. The lowest BCUT2D eigenvalue weighted by molar-refractivity contribution is 0.0971. The number of benzene rings is 3. The van der Waals surface area contributed by atoms with Crippen LogP contribution in [0.2, 0.25) is 5.02 Å². The lowest BCUT2D eigenvalue weighted by atomic mass is 9.98. The van der Waals surface area contributed by atoms with Gasteiger partial charge >= 0.3 is 0 Å². The Morgan fingerprint density at radius 3 is 2.50 bits per heavy atom. The molecule has 4 nitrogen and oxygen atoms in total. The number of fused-ring (bicyclic) bond motifs is 2. The first-order valence-corrected chi connectivity index (χ1v) is 9.74. The number of rotatable bonds is 2. The van der Waals surface area contributed by atoms with Crippen LogP contribution in [0.1, 0.15) is 33.3 Å². The molecule has 1 aromatic heterocycles. The van der Waals surface area contributed by atoms with Crippen LogP contribution >= 0.6 is 11.6 Å². The van der Waals surface area contributed by atoms with Crippen molar-refractivity contribution in [2.75, 3.05) is 4.90 Å². The van der Waals surface area contributed by atoms with E-state index in [0.717, 1.165) is 17.2 Å². The van der Waals surface area contributed by atoms with Gasteiger partial charge in [0.1, 0.15) is 11.4 Å². The summed E-state index contributed by atoms with van der Waals surface area (Å²) >= 11 is 6.31. The molecule has 6 heteroatoms. The third kappa shape index (κ3) is 2.74. The van der Waals surface area contributed by atoms with Gasteiger partial charge < -0.3 is 4.42 Å². The topological polar surface area (TPSA) is 50.5 Å². The van der Waals surface area contributed by atoms with Gasteiger partial charge in [0.25, 0.3) is 5.91 Å². The van der Waals surface area contributed by atoms with E-state index in [2.05, 4.69) is 0 Å². The van der Waals surface area contributed by atoms with Crippen molar-refractivity contribution >= 4 is 34.2 Å². The van der Waals surface area contributed by atoms with Crippen LogP contribution in [0.25, 0.3) is 11.0 Å². The minimum absolute atomic E-state index is 0.0374. The van der Waals surface area contributed by atoms with Gasteiger partial charge in [-0.25, -0.2) is 4.39 Å². The van der Waals surface area contributed by atoms with Crippen molar-refractivity contribution in [2.24, 2.45) is 0 Å². The molecule has 0 aliphatic carbocycles. The van der Waals surface area contributed by atoms with Crippen LogP contribution in [0.15, 0.2) is 75.9 Å². The molecule has 1 aliphatic rings. The Bertz CT molecular complexity index is 1380. The number of anilines is 1. The lowest BCUT2D eigenvalue weighted by Crippen LogP contribution is -2.29. The third-order valence-electron chi connectivity index (χ3n) is 5.38. The van der Waals surface area contributed by atoms with Gasteiger partial charge in [0, 0.05) is 10.7 Å². The van der Waals surface area contributed by atoms with Gasteiger partial charge in [-0.15, -0.1) is 0 Å². The SMILES string of the molecule is Cc1ccc(N2C(=O)c3oc4ccc(F)cc4c(=O)c3C2c2ccccc2)cc1Cl. The van der Waals surface area contributed by atoms with Crippen molar-refractivity contribution < 1.29 is 13.6 Å². The fourth-order valence-electron chi connectivity index (χ4n) is 3.89. The summed E-state index contributed by atoms with van der Waals surface area (Å²) in [6.45, 7) is 1.87. The Balaban J connectivity index is 1.82. The van der Waals surface area contributed by atoms with E-state index in [1.54, 1.807) is 12.1 Å². The van der Waals surface area contributed by atoms with E-state index >= 15 is 0 Å². The molecule has 1 amide bonds. The molecule has 0 spiro atoms. The summed E-state index contributed by atoms with van der Waals surface area (Å²) in [5.41, 5.74) is 2.10. The summed E-state index contributed by atoms with van der Waals surface area (Å²) in [4.78, 5) is 28.3. The van der Waals surface area contributed by atoms with E-state index in [0.29, 0.717) is 10.7 Å². The Hall–Kier alpha value is -3.44. The third-order valence-corrected chi connectivity index (χ3v) is 5.79. The number of hydrogen-bond donors (Lipinski definition) is 0. The fraction of sp³-hybridized carbons (Fsp3) is 0.0833. The van der Waals surface area contributed by atoms with E-state index in [1.807, 2.05) is 43.3 Å². The second-order valence-electron chi connectivity index (χ2n) is 7.24. The fourth-order valence-corrected chi connectivity index (χ4v) is 4.07. The van der Waals surface area contributed by atoms with Crippen LogP contribution in [0.4, 0.5) is 10.1 Å². The normalized spacial score (nSPS) is 15.6. The molecular formula is C24H15ClFNO3. The van der Waals surface area contributed by atoms with Crippen molar-refractivity contribution in [1.29, 1.82) is 0 Å². The van der Waals surface area contributed by atoms with Crippen LogP contribution in [0.3, 0.4) is 0 Å². The monoisotopic (exact) mass is 419 g/mol. The molecule has 0 N–H and O–H groups in total. The average Bonchev–Trinajstić information content (AvgIpc) is 3.04. The number of carbonyl (C=O) groups is 1. The van der Waals surface area contributed by atoms with Gasteiger partial charge in [0.2, 0.25) is 5.76 Å². The molecule has 1 atom stereocenters. The molecule has 3 aromatic carbocycles. The highest BCUT2D eigenvalue weighted by Gasteiger charge is 2.43. The summed E-state index contributed by atoms with van der Waals surface area (Å²) in [7, 11) is 0. The largest absolute Gasteiger partial charge is 0.450 e. The Morgan fingerprint density at radius 2 is 1.77 bits per heavy atom. The Morgan fingerprint density at radius 1 is 1.00 bits per heavy atom. The summed E-state index contributed by atoms with van der Waals surface area (Å²) < 4.78 is 19.6. The summed E-state index contributed by atoms with van der Waals surface area (Å²) in [5.74, 6) is -1.02. The Kier molecular flexibility index (Phi) is 4.22. The zero-order chi connectivity index (χ0) is 21.0. The van der Waals surface area contributed by atoms with Crippen LogP contribution in [0, 0.1) is 12.7 Å². The van der Waals surface area contributed by atoms with E-state index in [-0.39, 0.29) is 22.3 Å². The van der Waals surface area contributed by atoms with Crippen LogP contribution in [0.5, 0.6) is 0 Å². The number of carbonyl (C=O) groups excluding carboxylic acids is 1. The van der Waals surface area contributed by atoms with Gasteiger partial charge in [0.05, 0.1) is 17.0 Å². The first-order valence-electron chi connectivity index (χ1n) is 9.36. The molecule has 0 saturated heterocycles. The zero-order valence-electron chi connectivity index (χ0n) is 15.9. The molecule has 0 bridgehead atoms. The van der Waals surface area contributed by atoms with Gasteiger partial charge in [0.15, 0.2) is 5.43 Å².